The van der Waals surface area contributed by atoms with Crippen LogP contribution in [0, 0.1) is 0 Å². The maximum Gasteiger partial charge on any atom is 0.115 e. The van der Waals surface area contributed by atoms with Crippen LogP contribution in [-0.2, 0) is 6.54 Å². The fourth-order valence-electron chi connectivity index (χ4n) is 1.82. The predicted molar refractivity (Wildman–Crippen MR) is 61.4 cm³/mol. The van der Waals surface area contributed by atoms with Crippen LogP contribution in [0.4, 0.5) is 4.39 Å². The Morgan fingerprint density at radius 1 is 1.50 bits per heavy atom. The molecule has 0 bridgehead atoms. The molecule has 0 unspecified atom stereocenters. The maximum atomic E-state index is 13.2. The highest BCUT2D eigenvalue weighted by Gasteiger charge is 2.26. The van der Waals surface area contributed by atoms with Gasteiger partial charge < -0.3 is 5.32 Å². The zero-order valence-corrected chi connectivity index (χ0v) is 10.2. The third kappa shape index (κ3) is 2.55. The summed E-state index contributed by atoms with van der Waals surface area (Å²) >= 11 is 5.12. The quantitative estimate of drug-likeness (QED) is 0.892. The molecule has 0 aromatic carbocycles. The van der Waals surface area contributed by atoms with Gasteiger partial charge in [0.1, 0.15) is 6.17 Å². The number of hydrogen-bond acceptors (Lipinski definition) is 2. The molecule has 1 aliphatic rings. The number of hydrogen-bond donors (Lipinski definition) is 1. The summed E-state index contributed by atoms with van der Waals surface area (Å²) in [6.45, 7) is 0.793. The summed E-state index contributed by atoms with van der Waals surface area (Å²) in [7, 11) is 0. The standard InChI is InChI=1S/C10H13BrFNS/c11-10-5-4-7(14-10)6-13-9-3-1-2-8(9)12/h4-5,8-9,13H,1-3,6H2/t8-,9+/m0/s1. The minimum absolute atomic E-state index is 0.0795. The molecule has 1 N–H and O–H groups in total. The summed E-state index contributed by atoms with van der Waals surface area (Å²) in [5, 5.41) is 3.28. The van der Waals surface area contributed by atoms with Crippen LogP contribution in [-0.4, -0.2) is 12.2 Å². The van der Waals surface area contributed by atoms with E-state index in [0.29, 0.717) is 0 Å². The van der Waals surface area contributed by atoms with Crippen LogP contribution < -0.4 is 5.32 Å². The van der Waals surface area contributed by atoms with E-state index in [1.165, 1.54) is 4.88 Å². The van der Waals surface area contributed by atoms with Crippen LogP contribution in [0.25, 0.3) is 0 Å². The molecule has 1 nitrogen and oxygen atoms in total. The summed E-state index contributed by atoms with van der Waals surface area (Å²) in [4.78, 5) is 1.26. The molecule has 4 heteroatoms. The maximum absolute atomic E-state index is 13.2. The number of rotatable bonds is 3. The average Bonchev–Trinajstić information content (AvgIpc) is 2.72. The van der Waals surface area contributed by atoms with Crippen molar-refractivity contribution in [1.29, 1.82) is 0 Å². The molecule has 0 aliphatic heterocycles. The summed E-state index contributed by atoms with van der Waals surface area (Å²) in [5.74, 6) is 0. The SMILES string of the molecule is F[C@H]1CCC[C@H]1NCc1ccc(Br)s1. The Labute approximate surface area is 95.8 Å². The highest BCUT2D eigenvalue weighted by atomic mass is 79.9. The molecule has 0 radical (unpaired) electrons. The van der Waals surface area contributed by atoms with Crippen molar-refractivity contribution >= 4 is 27.3 Å². The van der Waals surface area contributed by atoms with E-state index in [0.717, 1.165) is 29.6 Å². The summed E-state index contributed by atoms with van der Waals surface area (Å²) in [6.07, 6.45) is 2.09. The fourth-order valence-corrected chi connectivity index (χ4v) is 3.26. The minimum Gasteiger partial charge on any atom is -0.306 e. The highest BCUT2D eigenvalue weighted by Crippen LogP contribution is 2.24. The molecular weight excluding hydrogens is 265 g/mol. The van der Waals surface area contributed by atoms with Crippen LogP contribution in [0.3, 0.4) is 0 Å². The van der Waals surface area contributed by atoms with Crippen LogP contribution in [0.15, 0.2) is 15.9 Å². The van der Waals surface area contributed by atoms with Crippen LogP contribution >= 0.6 is 27.3 Å². The molecular formula is C10H13BrFNS. The lowest BCUT2D eigenvalue weighted by Crippen LogP contribution is -2.32. The Bertz CT molecular complexity index is 302. The van der Waals surface area contributed by atoms with Gasteiger partial charge in [-0.3, -0.25) is 0 Å². The lowest BCUT2D eigenvalue weighted by molar-refractivity contribution is 0.279. The second-order valence-corrected chi connectivity index (χ2v) is 6.19. The van der Waals surface area contributed by atoms with Gasteiger partial charge in [0.2, 0.25) is 0 Å². The van der Waals surface area contributed by atoms with Crippen molar-refractivity contribution in [3.8, 4) is 0 Å². The third-order valence-corrected chi connectivity index (χ3v) is 4.22. The van der Waals surface area contributed by atoms with Gasteiger partial charge in [0.15, 0.2) is 0 Å². The van der Waals surface area contributed by atoms with E-state index in [4.69, 9.17) is 0 Å². The molecule has 1 aliphatic carbocycles. The first-order chi connectivity index (χ1) is 6.75. The molecule has 0 amide bonds. The number of thiophene rings is 1. The van der Waals surface area contributed by atoms with E-state index in [1.54, 1.807) is 11.3 Å². The van der Waals surface area contributed by atoms with Gasteiger partial charge in [0.05, 0.1) is 3.79 Å². The lowest BCUT2D eigenvalue weighted by Gasteiger charge is -2.13. The average molecular weight is 278 g/mol. The molecule has 1 fully saturated rings. The summed E-state index contributed by atoms with van der Waals surface area (Å²) in [6, 6.07) is 4.18. The third-order valence-electron chi connectivity index (χ3n) is 2.60. The van der Waals surface area contributed by atoms with Gasteiger partial charge in [-0.25, -0.2) is 4.39 Å². The van der Waals surface area contributed by atoms with Crippen molar-refractivity contribution in [3.63, 3.8) is 0 Å². The van der Waals surface area contributed by atoms with Crippen molar-refractivity contribution < 1.29 is 4.39 Å². The van der Waals surface area contributed by atoms with E-state index in [-0.39, 0.29) is 6.04 Å². The zero-order chi connectivity index (χ0) is 9.97. The number of nitrogens with one attached hydrogen (secondary N) is 1. The van der Waals surface area contributed by atoms with Crippen molar-refractivity contribution in [2.45, 2.75) is 38.0 Å². The molecule has 1 aromatic heterocycles. The second-order valence-electron chi connectivity index (χ2n) is 3.64. The smallest absolute Gasteiger partial charge is 0.115 e. The lowest BCUT2D eigenvalue weighted by atomic mass is 10.2. The van der Waals surface area contributed by atoms with Crippen molar-refractivity contribution in [2.24, 2.45) is 0 Å². The molecule has 14 heavy (non-hydrogen) atoms. The second kappa shape index (κ2) is 4.73. The van der Waals surface area contributed by atoms with E-state index in [2.05, 4.69) is 27.3 Å². The Kier molecular flexibility index (Phi) is 3.57. The van der Waals surface area contributed by atoms with Crippen molar-refractivity contribution in [3.05, 3.63) is 20.8 Å². The van der Waals surface area contributed by atoms with Crippen LogP contribution in [0.5, 0.6) is 0 Å². The highest BCUT2D eigenvalue weighted by molar-refractivity contribution is 9.11. The first kappa shape index (κ1) is 10.6. The van der Waals surface area contributed by atoms with E-state index < -0.39 is 6.17 Å². The van der Waals surface area contributed by atoms with E-state index >= 15 is 0 Å². The fraction of sp³-hybridized carbons (Fsp3) is 0.600. The monoisotopic (exact) mass is 277 g/mol. The summed E-state index contributed by atoms with van der Waals surface area (Å²) < 4.78 is 14.4. The minimum atomic E-state index is -0.640. The molecule has 1 heterocycles. The first-order valence-electron chi connectivity index (χ1n) is 4.87. The topological polar surface area (TPSA) is 12.0 Å². The Morgan fingerprint density at radius 3 is 2.93 bits per heavy atom. The van der Waals surface area contributed by atoms with Crippen molar-refractivity contribution in [2.75, 3.05) is 0 Å². The Balaban J connectivity index is 1.82. The molecule has 78 valence electrons. The predicted octanol–water partition coefficient (Wildman–Crippen LogP) is 3.49. The molecule has 0 saturated heterocycles. The van der Waals surface area contributed by atoms with E-state index in [1.807, 2.05) is 6.07 Å². The normalized spacial score (nSPS) is 27.0. The number of halogens is 2. The Hall–Kier alpha value is 0.0700. The van der Waals surface area contributed by atoms with Crippen molar-refractivity contribution in [1.82, 2.24) is 5.32 Å². The molecule has 2 rings (SSSR count). The van der Waals surface area contributed by atoms with E-state index in [9.17, 15) is 4.39 Å². The number of alkyl halides is 1. The van der Waals surface area contributed by atoms with Gasteiger partial charge >= 0.3 is 0 Å². The first-order valence-corrected chi connectivity index (χ1v) is 6.48. The molecule has 2 atom stereocenters. The molecule has 1 saturated carbocycles. The molecule has 1 aromatic rings. The van der Waals surface area contributed by atoms with Crippen LogP contribution in [0.2, 0.25) is 0 Å². The van der Waals surface area contributed by atoms with Gasteiger partial charge in [0.25, 0.3) is 0 Å². The largest absolute Gasteiger partial charge is 0.306 e. The van der Waals surface area contributed by atoms with Gasteiger partial charge in [-0.2, -0.15) is 0 Å². The van der Waals surface area contributed by atoms with Gasteiger partial charge in [-0.05, 0) is 47.3 Å². The molecule has 0 spiro atoms. The zero-order valence-electron chi connectivity index (χ0n) is 7.80. The van der Waals surface area contributed by atoms with Crippen LogP contribution in [0.1, 0.15) is 24.1 Å². The van der Waals surface area contributed by atoms with Gasteiger partial charge in [-0.1, -0.05) is 0 Å². The van der Waals surface area contributed by atoms with Gasteiger partial charge in [-0.15, -0.1) is 11.3 Å². The summed E-state index contributed by atoms with van der Waals surface area (Å²) in [5.41, 5.74) is 0. The van der Waals surface area contributed by atoms with Gasteiger partial charge in [0, 0.05) is 17.5 Å². The Morgan fingerprint density at radius 2 is 2.36 bits per heavy atom.